The van der Waals surface area contributed by atoms with E-state index in [9.17, 15) is 9.59 Å². The molecule has 6 heteroatoms. The van der Waals surface area contributed by atoms with Gasteiger partial charge in [-0.1, -0.05) is 6.92 Å². The van der Waals surface area contributed by atoms with Crippen molar-refractivity contribution in [3.63, 3.8) is 0 Å². The van der Waals surface area contributed by atoms with Crippen molar-refractivity contribution < 1.29 is 14.7 Å². The highest BCUT2D eigenvalue weighted by Crippen LogP contribution is 2.26. The van der Waals surface area contributed by atoms with E-state index >= 15 is 0 Å². The smallest absolute Gasteiger partial charge is 0.323 e. The zero-order valence-electron chi connectivity index (χ0n) is 10.5. The Balaban J connectivity index is 2.30. The molecule has 0 aromatic rings. The van der Waals surface area contributed by atoms with Gasteiger partial charge in [0.25, 0.3) is 0 Å². The molecule has 0 spiro atoms. The van der Waals surface area contributed by atoms with Gasteiger partial charge in [0.05, 0.1) is 0 Å². The van der Waals surface area contributed by atoms with Crippen LogP contribution in [0.15, 0.2) is 0 Å². The van der Waals surface area contributed by atoms with Crippen molar-refractivity contribution in [2.45, 2.75) is 25.8 Å². The van der Waals surface area contributed by atoms with E-state index in [1.807, 2.05) is 14.0 Å². The Kier molecular flexibility index (Phi) is 5.21. The number of amides is 2. The van der Waals surface area contributed by atoms with Crippen LogP contribution in [0.25, 0.3) is 0 Å². The number of nitrogens with zero attached hydrogens (tertiary/aromatic N) is 2. The highest BCUT2D eigenvalue weighted by atomic mass is 16.4. The Bertz CT molecular complexity index is 279. The fourth-order valence-corrected chi connectivity index (χ4v) is 1.51. The monoisotopic (exact) mass is 243 g/mol. The maximum absolute atomic E-state index is 11.8. The summed E-state index contributed by atoms with van der Waals surface area (Å²) in [5, 5.41) is 11.5. The molecular formula is C11H21N3O3. The van der Waals surface area contributed by atoms with Gasteiger partial charge in [0.15, 0.2) is 0 Å². The zero-order valence-corrected chi connectivity index (χ0v) is 10.5. The Morgan fingerprint density at radius 2 is 2.06 bits per heavy atom. The second kappa shape index (κ2) is 6.44. The lowest BCUT2D eigenvalue weighted by molar-refractivity contribution is -0.137. The highest BCUT2D eigenvalue weighted by Gasteiger charge is 2.33. The lowest BCUT2D eigenvalue weighted by Crippen LogP contribution is -2.45. The predicted molar refractivity (Wildman–Crippen MR) is 63.9 cm³/mol. The van der Waals surface area contributed by atoms with Gasteiger partial charge >= 0.3 is 12.0 Å². The third kappa shape index (κ3) is 5.04. The number of rotatable bonds is 7. The molecule has 6 nitrogen and oxygen atoms in total. The van der Waals surface area contributed by atoms with E-state index in [0.29, 0.717) is 6.54 Å². The molecular weight excluding hydrogens is 222 g/mol. The second-order valence-corrected chi connectivity index (χ2v) is 4.38. The number of urea groups is 1. The molecule has 0 heterocycles. The minimum absolute atomic E-state index is 0.120. The van der Waals surface area contributed by atoms with Crippen LogP contribution in [0.3, 0.4) is 0 Å². The Labute approximate surface area is 102 Å². The number of carbonyl (C=O) groups is 2. The van der Waals surface area contributed by atoms with Gasteiger partial charge in [-0.05, 0) is 26.4 Å². The average molecular weight is 243 g/mol. The Hall–Kier alpha value is -1.30. The van der Waals surface area contributed by atoms with Gasteiger partial charge in [0, 0.05) is 19.1 Å². The predicted octanol–water partition coefficient (Wildman–Crippen LogP) is 0.197. The van der Waals surface area contributed by atoms with Crippen LogP contribution >= 0.6 is 0 Å². The van der Waals surface area contributed by atoms with Gasteiger partial charge in [0.2, 0.25) is 0 Å². The number of carboxylic acids is 1. The molecule has 0 saturated heterocycles. The highest BCUT2D eigenvalue weighted by molar-refractivity contribution is 5.80. The summed E-state index contributed by atoms with van der Waals surface area (Å²) >= 11 is 0. The van der Waals surface area contributed by atoms with E-state index in [1.165, 1.54) is 4.90 Å². The minimum Gasteiger partial charge on any atom is -0.480 e. The molecule has 2 amide bonds. The summed E-state index contributed by atoms with van der Waals surface area (Å²) in [6.45, 7) is 4.08. The molecule has 0 radical (unpaired) electrons. The lowest BCUT2D eigenvalue weighted by atomic mass is 10.4. The average Bonchev–Trinajstić information content (AvgIpc) is 3.09. The van der Waals surface area contributed by atoms with Crippen LogP contribution < -0.4 is 5.32 Å². The molecule has 0 bridgehead atoms. The third-order valence-corrected chi connectivity index (χ3v) is 2.86. The normalized spacial score (nSPS) is 14.8. The van der Waals surface area contributed by atoms with Crippen molar-refractivity contribution in [3.8, 4) is 0 Å². The maximum Gasteiger partial charge on any atom is 0.323 e. The van der Waals surface area contributed by atoms with Crippen molar-refractivity contribution >= 4 is 12.0 Å². The third-order valence-electron chi connectivity index (χ3n) is 2.86. The summed E-state index contributed by atoms with van der Waals surface area (Å²) in [7, 11) is 1.97. The summed E-state index contributed by atoms with van der Waals surface area (Å²) < 4.78 is 0. The fourth-order valence-electron chi connectivity index (χ4n) is 1.51. The molecule has 1 aliphatic carbocycles. The molecule has 1 aliphatic rings. The summed E-state index contributed by atoms with van der Waals surface area (Å²) in [5.74, 6) is -0.960. The number of likely N-dealkylation sites (N-methyl/N-ethyl adjacent to an activating group) is 1. The quantitative estimate of drug-likeness (QED) is 0.670. The van der Waals surface area contributed by atoms with E-state index in [4.69, 9.17) is 5.11 Å². The summed E-state index contributed by atoms with van der Waals surface area (Å²) in [5.41, 5.74) is 0. The molecule has 0 unspecified atom stereocenters. The van der Waals surface area contributed by atoms with Gasteiger partial charge < -0.3 is 20.2 Å². The molecule has 1 saturated carbocycles. The molecule has 0 aromatic carbocycles. The summed E-state index contributed by atoms with van der Waals surface area (Å²) in [4.78, 5) is 25.9. The molecule has 0 aromatic heterocycles. The number of nitrogens with one attached hydrogen (secondary N) is 1. The van der Waals surface area contributed by atoms with Crippen LogP contribution in [0.5, 0.6) is 0 Å². The van der Waals surface area contributed by atoms with Crippen molar-refractivity contribution in [1.29, 1.82) is 0 Å². The van der Waals surface area contributed by atoms with Crippen molar-refractivity contribution in [3.05, 3.63) is 0 Å². The minimum atomic E-state index is -0.960. The van der Waals surface area contributed by atoms with Gasteiger partial charge in [-0.3, -0.25) is 4.79 Å². The van der Waals surface area contributed by atoms with Gasteiger partial charge in [0.1, 0.15) is 6.54 Å². The number of carboxylic acid groups (broad SMARTS) is 1. The standard InChI is InChI=1S/C11H21N3O3/c1-3-13(2)7-6-12-11(17)14(8-10(15)16)9-4-5-9/h9H,3-8H2,1-2H3,(H,12,17)(H,15,16). The largest absolute Gasteiger partial charge is 0.480 e. The molecule has 0 aliphatic heterocycles. The van der Waals surface area contributed by atoms with Crippen molar-refractivity contribution in [2.75, 3.05) is 33.2 Å². The second-order valence-electron chi connectivity index (χ2n) is 4.38. The van der Waals surface area contributed by atoms with E-state index in [-0.39, 0.29) is 18.6 Å². The Morgan fingerprint density at radius 1 is 1.41 bits per heavy atom. The molecule has 1 fully saturated rings. The van der Waals surface area contributed by atoms with E-state index in [2.05, 4.69) is 10.2 Å². The van der Waals surface area contributed by atoms with Crippen molar-refractivity contribution in [2.24, 2.45) is 0 Å². The van der Waals surface area contributed by atoms with Crippen LogP contribution in [-0.4, -0.2) is 66.2 Å². The SMILES string of the molecule is CCN(C)CCNC(=O)N(CC(=O)O)C1CC1. The van der Waals surface area contributed by atoms with Crippen LogP contribution in [-0.2, 0) is 4.79 Å². The Morgan fingerprint density at radius 3 is 2.53 bits per heavy atom. The lowest BCUT2D eigenvalue weighted by Gasteiger charge is -2.21. The van der Waals surface area contributed by atoms with Gasteiger partial charge in [-0.25, -0.2) is 4.79 Å². The number of carbonyl (C=O) groups excluding carboxylic acids is 1. The maximum atomic E-state index is 11.8. The topological polar surface area (TPSA) is 72.9 Å². The van der Waals surface area contributed by atoms with Crippen LogP contribution in [0.2, 0.25) is 0 Å². The first kappa shape index (κ1) is 13.8. The molecule has 2 N–H and O–H groups in total. The number of hydrogen-bond acceptors (Lipinski definition) is 3. The molecule has 1 rings (SSSR count). The molecule has 98 valence electrons. The zero-order chi connectivity index (χ0) is 12.8. The first-order chi connectivity index (χ1) is 8.04. The first-order valence-corrected chi connectivity index (χ1v) is 5.99. The van der Waals surface area contributed by atoms with E-state index in [0.717, 1.165) is 25.9 Å². The summed E-state index contributed by atoms with van der Waals surface area (Å²) in [6.07, 6.45) is 1.82. The van der Waals surface area contributed by atoms with Crippen LogP contribution in [0.4, 0.5) is 4.79 Å². The van der Waals surface area contributed by atoms with Crippen molar-refractivity contribution in [1.82, 2.24) is 15.1 Å². The number of hydrogen-bond donors (Lipinski definition) is 2. The molecule has 0 atom stereocenters. The van der Waals surface area contributed by atoms with Crippen LogP contribution in [0.1, 0.15) is 19.8 Å². The summed E-state index contributed by atoms with van der Waals surface area (Å²) in [6, 6.07) is -0.144. The van der Waals surface area contributed by atoms with Gasteiger partial charge in [-0.15, -0.1) is 0 Å². The van der Waals surface area contributed by atoms with Gasteiger partial charge in [-0.2, -0.15) is 0 Å². The number of aliphatic carboxylic acids is 1. The molecule has 17 heavy (non-hydrogen) atoms. The van der Waals surface area contributed by atoms with E-state index < -0.39 is 5.97 Å². The van der Waals surface area contributed by atoms with E-state index in [1.54, 1.807) is 0 Å². The fraction of sp³-hybridized carbons (Fsp3) is 0.818. The first-order valence-electron chi connectivity index (χ1n) is 5.99. The van der Waals surface area contributed by atoms with Crippen LogP contribution in [0, 0.1) is 0 Å².